The Morgan fingerprint density at radius 2 is 2.23 bits per heavy atom. The largest absolute Gasteiger partial charge is 0.327 e. The fraction of sp³-hybridized carbons (Fsp3) is 0.778. The Labute approximate surface area is 79.2 Å². The molecule has 1 aromatic heterocycles. The minimum absolute atomic E-state index is 0.125. The molecular formula is C9H18N4. The number of hydrogen-bond donors (Lipinski definition) is 1. The van der Waals surface area contributed by atoms with Gasteiger partial charge < -0.3 is 10.3 Å². The number of aromatic nitrogens is 3. The summed E-state index contributed by atoms with van der Waals surface area (Å²) in [5.41, 5.74) is 5.81. The van der Waals surface area contributed by atoms with Gasteiger partial charge in [0, 0.05) is 18.5 Å². The van der Waals surface area contributed by atoms with Crippen molar-refractivity contribution in [2.24, 2.45) is 5.73 Å². The number of rotatable bonds is 4. The van der Waals surface area contributed by atoms with E-state index in [4.69, 9.17) is 5.73 Å². The van der Waals surface area contributed by atoms with Gasteiger partial charge in [0.05, 0.1) is 0 Å². The fourth-order valence-corrected chi connectivity index (χ4v) is 1.26. The molecule has 0 saturated carbocycles. The molecule has 1 aromatic rings. The zero-order valence-electron chi connectivity index (χ0n) is 8.57. The molecule has 4 heteroatoms. The maximum atomic E-state index is 5.81. The van der Waals surface area contributed by atoms with Gasteiger partial charge in [-0.15, -0.1) is 10.2 Å². The van der Waals surface area contributed by atoms with E-state index in [0.717, 1.165) is 18.8 Å². The molecule has 0 fully saturated rings. The van der Waals surface area contributed by atoms with Gasteiger partial charge in [0.15, 0.2) is 0 Å². The van der Waals surface area contributed by atoms with E-state index in [1.807, 2.05) is 6.92 Å². The summed E-state index contributed by atoms with van der Waals surface area (Å²) in [6.07, 6.45) is 2.87. The summed E-state index contributed by atoms with van der Waals surface area (Å²) in [6.45, 7) is 7.19. The van der Waals surface area contributed by atoms with Crippen molar-refractivity contribution in [2.75, 3.05) is 0 Å². The number of nitrogens with zero attached hydrogens (tertiary/aromatic N) is 3. The first-order chi connectivity index (χ1) is 6.16. The smallest absolute Gasteiger partial charge is 0.137 e. The minimum Gasteiger partial charge on any atom is -0.327 e. The van der Waals surface area contributed by atoms with Gasteiger partial charge in [-0.05, 0) is 13.3 Å². The Bertz CT molecular complexity index is 254. The average molecular weight is 182 g/mol. The highest BCUT2D eigenvalue weighted by atomic mass is 15.3. The zero-order valence-corrected chi connectivity index (χ0v) is 8.57. The molecule has 74 valence electrons. The van der Waals surface area contributed by atoms with Gasteiger partial charge >= 0.3 is 0 Å². The first-order valence-corrected chi connectivity index (χ1v) is 4.80. The van der Waals surface area contributed by atoms with Crippen LogP contribution >= 0.6 is 0 Å². The molecule has 0 amide bonds. The van der Waals surface area contributed by atoms with Gasteiger partial charge in [0.25, 0.3) is 0 Å². The van der Waals surface area contributed by atoms with Crippen molar-refractivity contribution in [3.63, 3.8) is 0 Å². The Morgan fingerprint density at radius 3 is 2.77 bits per heavy atom. The predicted molar refractivity (Wildman–Crippen MR) is 52.4 cm³/mol. The summed E-state index contributed by atoms with van der Waals surface area (Å²) in [5, 5.41) is 7.99. The first kappa shape index (κ1) is 10.2. The maximum Gasteiger partial charge on any atom is 0.137 e. The SMILES string of the molecule is CCCn1cnnc1C(C)C(C)N. The lowest BCUT2D eigenvalue weighted by molar-refractivity contribution is 0.532. The topological polar surface area (TPSA) is 56.7 Å². The number of hydrogen-bond acceptors (Lipinski definition) is 3. The summed E-state index contributed by atoms with van der Waals surface area (Å²) >= 11 is 0. The second-order valence-electron chi connectivity index (χ2n) is 3.53. The number of nitrogens with two attached hydrogens (primary N) is 1. The monoisotopic (exact) mass is 182 g/mol. The van der Waals surface area contributed by atoms with Crippen LogP contribution in [0.25, 0.3) is 0 Å². The summed E-state index contributed by atoms with van der Waals surface area (Å²) in [5.74, 6) is 1.27. The molecule has 0 aromatic carbocycles. The van der Waals surface area contributed by atoms with Crippen LogP contribution in [0.15, 0.2) is 6.33 Å². The van der Waals surface area contributed by atoms with E-state index in [2.05, 4.69) is 28.6 Å². The van der Waals surface area contributed by atoms with Crippen LogP contribution in [0.2, 0.25) is 0 Å². The van der Waals surface area contributed by atoms with Crippen LogP contribution < -0.4 is 5.73 Å². The Balaban J connectivity index is 2.80. The van der Waals surface area contributed by atoms with Crippen LogP contribution in [0, 0.1) is 0 Å². The van der Waals surface area contributed by atoms with Crippen LogP contribution in [0.5, 0.6) is 0 Å². The van der Waals surface area contributed by atoms with Crippen molar-refractivity contribution in [1.29, 1.82) is 0 Å². The highest BCUT2D eigenvalue weighted by Gasteiger charge is 2.16. The lowest BCUT2D eigenvalue weighted by atomic mass is 10.0. The molecule has 0 aliphatic rings. The molecule has 13 heavy (non-hydrogen) atoms. The Morgan fingerprint density at radius 1 is 1.54 bits per heavy atom. The van der Waals surface area contributed by atoms with Gasteiger partial charge in [-0.1, -0.05) is 13.8 Å². The molecule has 0 bridgehead atoms. The van der Waals surface area contributed by atoms with E-state index < -0.39 is 0 Å². The lowest BCUT2D eigenvalue weighted by Crippen LogP contribution is -2.25. The molecule has 0 spiro atoms. The minimum atomic E-state index is 0.125. The van der Waals surface area contributed by atoms with Crippen molar-refractivity contribution < 1.29 is 0 Å². The Hall–Kier alpha value is -0.900. The third-order valence-corrected chi connectivity index (χ3v) is 2.31. The summed E-state index contributed by atoms with van der Waals surface area (Å²) in [6, 6.07) is 0.125. The summed E-state index contributed by atoms with van der Waals surface area (Å²) in [4.78, 5) is 0. The molecule has 2 atom stereocenters. The Kier molecular flexibility index (Phi) is 3.42. The van der Waals surface area contributed by atoms with Crippen molar-refractivity contribution in [3.8, 4) is 0 Å². The molecule has 0 radical (unpaired) electrons. The van der Waals surface area contributed by atoms with Crippen LogP contribution in [0.4, 0.5) is 0 Å². The van der Waals surface area contributed by atoms with Gasteiger partial charge in [-0.3, -0.25) is 0 Å². The molecule has 2 unspecified atom stereocenters. The second-order valence-corrected chi connectivity index (χ2v) is 3.53. The van der Waals surface area contributed by atoms with E-state index in [-0.39, 0.29) is 12.0 Å². The van der Waals surface area contributed by atoms with Crippen molar-refractivity contribution in [2.45, 2.75) is 45.7 Å². The van der Waals surface area contributed by atoms with E-state index >= 15 is 0 Å². The van der Waals surface area contributed by atoms with E-state index in [0.29, 0.717) is 0 Å². The van der Waals surface area contributed by atoms with Gasteiger partial charge in [0.2, 0.25) is 0 Å². The van der Waals surface area contributed by atoms with E-state index in [1.165, 1.54) is 0 Å². The predicted octanol–water partition coefficient (Wildman–Crippen LogP) is 1.14. The van der Waals surface area contributed by atoms with Crippen molar-refractivity contribution >= 4 is 0 Å². The van der Waals surface area contributed by atoms with Gasteiger partial charge in [0.1, 0.15) is 12.2 Å². The lowest BCUT2D eigenvalue weighted by Gasteiger charge is -2.15. The number of aryl methyl sites for hydroxylation is 1. The summed E-state index contributed by atoms with van der Waals surface area (Å²) < 4.78 is 2.08. The van der Waals surface area contributed by atoms with Crippen LogP contribution in [-0.4, -0.2) is 20.8 Å². The standard InChI is InChI=1S/C9H18N4/c1-4-5-13-6-11-12-9(13)7(2)8(3)10/h6-8H,4-5,10H2,1-3H3. The molecule has 0 aliphatic heterocycles. The molecule has 0 saturated heterocycles. The van der Waals surface area contributed by atoms with Crippen LogP contribution in [-0.2, 0) is 6.54 Å². The molecule has 2 N–H and O–H groups in total. The molecular weight excluding hydrogens is 164 g/mol. The van der Waals surface area contributed by atoms with Crippen molar-refractivity contribution in [1.82, 2.24) is 14.8 Å². The average Bonchev–Trinajstić information content (AvgIpc) is 2.52. The second kappa shape index (κ2) is 4.37. The first-order valence-electron chi connectivity index (χ1n) is 4.80. The van der Waals surface area contributed by atoms with Crippen LogP contribution in [0.3, 0.4) is 0 Å². The van der Waals surface area contributed by atoms with Gasteiger partial charge in [-0.25, -0.2) is 0 Å². The normalized spacial score (nSPS) is 15.7. The zero-order chi connectivity index (χ0) is 9.84. The molecule has 1 heterocycles. The third kappa shape index (κ3) is 2.28. The summed E-state index contributed by atoms with van der Waals surface area (Å²) in [7, 11) is 0. The van der Waals surface area contributed by atoms with Gasteiger partial charge in [-0.2, -0.15) is 0 Å². The quantitative estimate of drug-likeness (QED) is 0.759. The molecule has 4 nitrogen and oxygen atoms in total. The molecule has 0 aliphatic carbocycles. The highest BCUT2D eigenvalue weighted by Crippen LogP contribution is 2.15. The maximum absolute atomic E-state index is 5.81. The van der Waals surface area contributed by atoms with Crippen molar-refractivity contribution in [3.05, 3.63) is 12.2 Å². The fourth-order valence-electron chi connectivity index (χ4n) is 1.26. The molecule has 1 rings (SSSR count). The van der Waals surface area contributed by atoms with Crippen LogP contribution in [0.1, 0.15) is 38.9 Å². The third-order valence-electron chi connectivity index (χ3n) is 2.31. The van der Waals surface area contributed by atoms with E-state index in [1.54, 1.807) is 6.33 Å². The highest BCUT2D eigenvalue weighted by molar-refractivity contribution is 4.97. The van der Waals surface area contributed by atoms with E-state index in [9.17, 15) is 0 Å².